The van der Waals surface area contributed by atoms with Crippen molar-refractivity contribution in [1.82, 2.24) is 0 Å². The maximum atomic E-state index is 10.7. The molecule has 0 aliphatic heterocycles. The highest BCUT2D eigenvalue weighted by molar-refractivity contribution is 5.74. The first-order chi connectivity index (χ1) is 5.00. The Balaban J connectivity index is 4.34. The van der Waals surface area contributed by atoms with E-state index in [1.165, 1.54) is 0 Å². The van der Waals surface area contributed by atoms with Crippen LogP contribution in [0, 0.1) is 16.0 Å². The van der Waals surface area contributed by atoms with Crippen molar-refractivity contribution in [3.05, 3.63) is 10.1 Å². The summed E-state index contributed by atoms with van der Waals surface area (Å²) in [5.74, 6) is -1.12. The maximum Gasteiger partial charge on any atom is 0.381 e. The first-order valence-corrected chi connectivity index (χ1v) is 3.22. The van der Waals surface area contributed by atoms with E-state index in [-0.39, 0.29) is 5.92 Å². The van der Waals surface area contributed by atoms with E-state index in [1.807, 2.05) is 0 Å². The fourth-order valence-corrected chi connectivity index (χ4v) is 0.722. The van der Waals surface area contributed by atoms with Crippen molar-refractivity contribution < 1.29 is 14.5 Å². The van der Waals surface area contributed by atoms with Crippen molar-refractivity contribution >= 4 is 5.97 Å². The summed E-state index contributed by atoms with van der Waals surface area (Å²) in [5.41, 5.74) is 0. The monoisotopic (exact) mass is 161 g/mol. The number of rotatable bonds is 3. The van der Waals surface area contributed by atoms with Crippen LogP contribution in [0.25, 0.3) is 0 Å². The van der Waals surface area contributed by atoms with Crippen LogP contribution in [0.2, 0.25) is 0 Å². The molecule has 0 aromatic heterocycles. The molecular formula is C6H11NO4. The van der Waals surface area contributed by atoms with E-state index in [4.69, 9.17) is 0 Å². The van der Waals surface area contributed by atoms with Gasteiger partial charge in [0.1, 0.15) is 0 Å². The number of nitrogens with zero attached hydrogens (tertiary/aromatic N) is 1. The Morgan fingerprint density at radius 1 is 1.55 bits per heavy atom. The molecule has 5 nitrogen and oxygen atoms in total. The molecule has 0 saturated heterocycles. The summed E-state index contributed by atoms with van der Waals surface area (Å²) in [4.78, 5) is 20.3. The van der Waals surface area contributed by atoms with Gasteiger partial charge < -0.3 is 4.74 Å². The van der Waals surface area contributed by atoms with E-state index in [2.05, 4.69) is 4.74 Å². The molecule has 5 heteroatoms. The van der Waals surface area contributed by atoms with Crippen molar-refractivity contribution in [2.75, 3.05) is 7.11 Å². The third kappa shape index (κ3) is 2.53. The number of carbonyl (C=O) groups is 1. The van der Waals surface area contributed by atoms with Crippen LogP contribution in [0.1, 0.15) is 13.8 Å². The third-order valence-corrected chi connectivity index (χ3v) is 1.30. The summed E-state index contributed by atoms with van der Waals surface area (Å²) < 4.78 is 4.25. The van der Waals surface area contributed by atoms with Crippen LogP contribution in [0.4, 0.5) is 0 Å². The van der Waals surface area contributed by atoms with Gasteiger partial charge in [0.25, 0.3) is 0 Å². The first kappa shape index (κ1) is 9.87. The third-order valence-electron chi connectivity index (χ3n) is 1.30. The Hall–Kier alpha value is -1.13. The Kier molecular flexibility index (Phi) is 3.50. The molecule has 0 aromatic rings. The van der Waals surface area contributed by atoms with Gasteiger partial charge in [0, 0.05) is 10.8 Å². The van der Waals surface area contributed by atoms with Gasteiger partial charge in [-0.3, -0.25) is 10.1 Å². The molecule has 0 N–H and O–H groups in total. The van der Waals surface area contributed by atoms with Gasteiger partial charge in [0.2, 0.25) is 0 Å². The number of methoxy groups -OCH3 is 1. The van der Waals surface area contributed by atoms with Crippen molar-refractivity contribution in [2.45, 2.75) is 19.9 Å². The van der Waals surface area contributed by atoms with E-state index >= 15 is 0 Å². The van der Waals surface area contributed by atoms with Gasteiger partial charge >= 0.3 is 12.0 Å². The van der Waals surface area contributed by atoms with Gasteiger partial charge in [0.05, 0.1) is 7.11 Å². The molecule has 0 saturated carbocycles. The molecular weight excluding hydrogens is 150 g/mol. The molecule has 0 radical (unpaired) electrons. The average molecular weight is 161 g/mol. The Bertz CT molecular complexity index is 166. The van der Waals surface area contributed by atoms with Gasteiger partial charge in [-0.25, -0.2) is 4.79 Å². The highest BCUT2D eigenvalue weighted by Gasteiger charge is 2.33. The number of hydrogen-bond acceptors (Lipinski definition) is 4. The highest BCUT2D eigenvalue weighted by atomic mass is 16.6. The standard InChI is InChI=1S/C6H11NO4/c1-4(2)5(7(9)10)6(8)11-3/h4-5H,1-3H3. The second-order valence-electron chi connectivity index (χ2n) is 2.50. The van der Waals surface area contributed by atoms with Crippen LogP contribution in [-0.2, 0) is 9.53 Å². The second kappa shape index (κ2) is 3.90. The largest absolute Gasteiger partial charge is 0.464 e. The normalized spacial score (nSPS) is 12.7. The van der Waals surface area contributed by atoms with E-state index in [9.17, 15) is 14.9 Å². The van der Waals surface area contributed by atoms with Crippen LogP contribution in [0.15, 0.2) is 0 Å². The van der Waals surface area contributed by atoms with Crippen LogP contribution >= 0.6 is 0 Å². The molecule has 0 spiro atoms. The van der Waals surface area contributed by atoms with Crippen LogP contribution in [-0.4, -0.2) is 24.0 Å². The fraction of sp³-hybridized carbons (Fsp3) is 0.833. The predicted molar refractivity (Wildman–Crippen MR) is 37.6 cm³/mol. The summed E-state index contributed by atoms with van der Waals surface area (Å²) >= 11 is 0. The van der Waals surface area contributed by atoms with Gasteiger partial charge in [0.15, 0.2) is 0 Å². The number of esters is 1. The molecule has 0 amide bonds. The van der Waals surface area contributed by atoms with Gasteiger partial charge in [-0.15, -0.1) is 0 Å². The summed E-state index contributed by atoms with van der Waals surface area (Å²) in [6, 6.07) is -1.24. The van der Waals surface area contributed by atoms with Crippen molar-refractivity contribution in [3.63, 3.8) is 0 Å². The number of ether oxygens (including phenoxy) is 1. The van der Waals surface area contributed by atoms with Crippen molar-refractivity contribution in [2.24, 2.45) is 5.92 Å². The maximum absolute atomic E-state index is 10.7. The molecule has 0 rings (SSSR count). The smallest absolute Gasteiger partial charge is 0.381 e. The molecule has 0 aromatic carbocycles. The minimum atomic E-state index is -1.24. The molecule has 0 bridgehead atoms. The molecule has 1 unspecified atom stereocenters. The molecule has 0 aliphatic rings. The molecule has 11 heavy (non-hydrogen) atoms. The van der Waals surface area contributed by atoms with Crippen molar-refractivity contribution in [1.29, 1.82) is 0 Å². The molecule has 64 valence electrons. The molecule has 0 heterocycles. The second-order valence-corrected chi connectivity index (χ2v) is 2.50. The van der Waals surface area contributed by atoms with Gasteiger partial charge in [-0.1, -0.05) is 13.8 Å². The lowest BCUT2D eigenvalue weighted by Gasteiger charge is -2.09. The van der Waals surface area contributed by atoms with Crippen LogP contribution in [0.3, 0.4) is 0 Å². The SMILES string of the molecule is COC(=O)C(C(C)C)[N+](=O)[O-]. The first-order valence-electron chi connectivity index (χ1n) is 3.22. The van der Waals surface area contributed by atoms with E-state index in [0.717, 1.165) is 7.11 Å². The minimum absolute atomic E-state index is 0.336. The number of carbonyl (C=O) groups excluding carboxylic acids is 1. The van der Waals surface area contributed by atoms with E-state index in [0.29, 0.717) is 0 Å². The summed E-state index contributed by atoms with van der Waals surface area (Å²) in [5, 5.41) is 10.2. The number of nitro groups is 1. The summed E-state index contributed by atoms with van der Waals surface area (Å²) in [6.07, 6.45) is 0. The summed E-state index contributed by atoms with van der Waals surface area (Å²) in [6.45, 7) is 3.20. The zero-order valence-corrected chi connectivity index (χ0v) is 6.73. The predicted octanol–water partition coefficient (Wildman–Crippen LogP) is 0.461. The van der Waals surface area contributed by atoms with E-state index in [1.54, 1.807) is 13.8 Å². The lowest BCUT2D eigenvalue weighted by molar-refractivity contribution is -0.518. The zero-order valence-electron chi connectivity index (χ0n) is 6.73. The Morgan fingerprint density at radius 2 is 2.00 bits per heavy atom. The van der Waals surface area contributed by atoms with Crippen LogP contribution < -0.4 is 0 Å². The van der Waals surface area contributed by atoms with Gasteiger partial charge in [-0.05, 0) is 0 Å². The summed E-state index contributed by atoms with van der Waals surface area (Å²) in [7, 11) is 1.14. The van der Waals surface area contributed by atoms with Gasteiger partial charge in [-0.2, -0.15) is 0 Å². The average Bonchev–Trinajstić information content (AvgIpc) is 1.85. The lowest BCUT2D eigenvalue weighted by atomic mass is 10.1. The highest BCUT2D eigenvalue weighted by Crippen LogP contribution is 2.06. The Labute approximate surface area is 64.5 Å². The number of hydrogen-bond donors (Lipinski definition) is 0. The zero-order chi connectivity index (χ0) is 9.02. The molecule has 1 atom stereocenters. The fourth-order valence-electron chi connectivity index (χ4n) is 0.722. The van der Waals surface area contributed by atoms with Crippen molar-refractivity contribution in [3.8, 4) is 0 Å². The lowest BCUT2D eigenvalue weighted by Crippen LogP contribution is -2.35. The Morgan fingerprint density at radius 3 is 2.09 bits per heavy atom. The molecule has 0 fully saturated rings. The van der Waals surface area contributed by atoms with Crippen LogP contribution in [0.5, 0.6) is 0 Å². The molecule has 0 aliphatic carbocycles. The van der Waals surface area contributed by atoms with E-state index < -0.39 is 16.9 Å². The quantitative estimate of drug-likeness (QED) is 0.342. The topological polar surface area (TPSA) is 69.4 Å². The minimum Gasteiger partial charge on any atom is -0.464 e.